The maximum Gasteiger partial charge on any atom is 0.0440 e. The van der Waals surface area contributed by atoms with Crippen molar-refractivity contribution in [2.75, 3.05) is 13.1 Å². The summed E-state index contributed by atoms with van der Waals surface area (Å²) in [5, 5.41) is 4.35. The molecule has 0 amide bonds. The van der Waals surface area contributed by atoms with Crippen molar-refractivity contribution in [1.82, 2.24) is 5.32 Å². The molecule has 2 heteroatoms. The van der Waals surface area contributed by atoms with Crippen molar-refractivity contribution >= 4 is 11.6 Å². The van der Waals surface area contributed by atoms with Gasteiger partial charge in [-0.1, -0.05) is 50.6 Å². The van der Waals surface area contributed by atoms with Crippen LogP contribution < -0.4 is 5.32 Å². The molecule has 1 rings (SSSR count). The standard InChI is InChI=1S/C14H22ClN/c1-4-9-16-10-11(2)12(3)13-7-5-6-8-14(13)15/h5-8,11-12,16H,4,9-10H2,1-3H3. The van der Waals surface area contributed by atoms with E-state index in [9.17, 15) is 0 Å². The Bertz CT molecular complexity index is 311. The van der Waals surface area contributed by atoms with E-state index in [0.29, 0.717) is 11.8 Å². The lowest BCUT2D eigenvalue weighted by Gasteiger charge is -2.21. The van der Waals surface area contributed by atoms with Crippen LogP contribution in [0, 0.1) is 5.92 Å². The molecule has 0 saturated heterocycles. The second-order valence-corrected chi connectivity index (χ2v) is 4.90. The Balaban J connectivity index is 2.56. The van der Waals surface area contributed by atoms with Crippen molar-refractivity contribution in [2.45, 2.75) is 33.1 Å². The Morgan fingerprint density at radius 1 is 1.25 bits per heavy atom. The Hall–Kier alpha value is -0.530. The molecule has 1 aromatic carbocycles. The highest BCUT2D eigenvalue weighted by molar-refractivity contribution is 6.31. The number of rotatable bonds is 6. The summed E-state index contributed by atoms with van der Waals surface area (Å²) < 4.78 is 0. The van der Waals surface area contributed by atoms with Crippen molar-refractivity contribution in [2.24, 2.45) is 5.92 Å². The molecular weight excluding hydrogens is 218 g/mol. The van der Waals surface area contributed by atoms with Gasteiger partial charge in [0.25, 0.3) is 0 Å². The minimum Gasteiger partial charge on any atom is -0.316 e. The van der Waals surface area contributed by atoms with Crippen LogP contribution >= 0.6 is 11.6 Å². The first kappa shape index (κ1) is 13.5. The molecule has 0 heterocycles. The molecule has 1 aromatic rings. The van der Waals surface area contributed by atoms with E-state index >= 15 is 0 Å². The summed E-state index contributed by atoms with van der Waals surface area (Å²) in [5.74, 6) is 1.10. The smallest absolute Gasteiger partial charge is 0.0440 e. The Kier molecular flexibility index (Phi) is 5.86. The van der Waals surface area contributed by atoms with Gasteiger partial charge in [0.05, 0.1) is 0 Å². The van der Waals surface area contributed by atoms with Gasteiger partial charge in [0.1, 0.15) is 0 Å². The van der Waals surface area contributed by atoms with Crippen LogP contribution in [0.25, 0.3) is 0 Å². The topological polar surface area (TPSA) is 12.0 Å². The van der Waals surface area contributed by atoms with Crippen molar-refractivity contribution < 1.29 is 0 Å². The van der Waals surface area contributed by atoms with Gasteiger partial charge in [0.15, 0.2) is 0 Å². The van der Waals surface area contributed by atoms with Gasteiger partial charge in [-0.3, -0.25) is 0 Å². The highest BCUT2D eigenvalue weighted by Gasteiger charge is 2.15. The predicted octanol–water partition coefficient (Wildman–Crippen LogP) is 4.08. The van der Waals surface area contributed by atoms with Gasteiger partial charge < -0.3 is 5.32 Å². The van der Waals surface area contributed by atoms with Crippen LogP contribution in [0.2, 0.25) is 5.02 Å². The van der Waals surface area contributed by atoms with Crippen molar-refractivity contribution in [1.29, 1.82) is 0 Å². The summed E-state index contributed by atoms with van der Waals surface area (Å²) in [4.78, 5) is 0. The fourth-order valence-corrected chi connectivity index (χ4v) is 2.14. The molecule has 2 atom stereocenters. The summed E-state index contributed by atoms with van der Waals surface area (Å²) >= 11 is 6.20. The molecule has 0 spiro atoms. The van der Waals surface area contributed by atoms with Crippen LogP contribution in [0.4, 0.5) is 0 Å². The normalized spacial score (nSPS) is 14.8. The van der Waals surface area contributed by atoms with Crippen LogP contribution in [-0.2, 0) is 0 Å². The molecular formula is C14H22ClN. The maximum absolute atomic E-state index is 6.20. The average Bonchev–Trinajstić information content (AvgIpc) is 2.29. The number of nitrogens with one attached hydrogen (secondary N) is 1. The summed E-state index contributed by atoms with van der Waals surface area (Å²) in [6.45, 7) is 8.87. The predicted molar refractivity (Wildman–Crippen MR) is 72.2 cm³/mol. The first-order chi connectivity index (χ1) is 7.66. The summed E-state index contributed by atoms with van der Waals surface area (Å²) in [6.07, 6.45) is 1.19. The van der Waals surface area contributed by atoms with Gasteiger partial charge in [-0.05, 0) is 43.0 Å². The number of hydrogen-bond acceptors (Lipinski definition) is 1. The van der Waals surface area contributed by atoms with Crippen LogP contribution in [0.5, 0.6) is 0 Å². The number of benzene rings is 1. The SMILES string of the molecule is CCCNCC(C)C(C)c1ccccc1Cl. The molecule has 0 fully saturated rings. The van der Waals surface area contributed by atoms with Gasteiger partial charge in [-0.2, -0.15) is 0 Å². The zero-order chi connectivity index (χ0) is 12.0. The monoisotopic (exact) mass is 239 g/mol. The van der Waals surface area contributed by atoms with E-state index in [2.05, 4.69) is 38.2 Å². The van der Waals surface area contributed by atoms with E-state index in [1.165, 1.54) is 12.0 Å². The lowest BCUT2D eigenvalue weighted by atomic mass is 9.89. The highest BCUT2D eigenvalue weighted by Crippen LogP contribution is 2.29. The molecule has 0 aromatic heterocycles. The van der Waals surface area contributed by atoms with Gasteiger partial charge in [0.2, 0.25) is 0 Å². The van der Waals surface area contributed by atoms with Crippen molar-refractivity contribution in [3.8, 4) is 0 Å². The van der Waals surface area contributed by atoms with Gasteiger partial charge in [0, 0.05) is 5.02 Å². The molecule has 1 N–H and O–H groups in total. The Morgan fingerprint density at radius 3 is 2.56 bits per heavy atom. The maximum atomic E-state index is 6.20. The Morgan fingerprint density at radius 2 is 1.94 bits per heavy atom. The van der Waals surface area contributed by atoms with Crippen LogP contribution in [0.15, 0.2) is 24.3 Å². The summed E-state index contributed by atoms with van der Waals surface area (Å²) in [5.41, 5.74) is 1.26. The van der Waals surface area contributed by atoms with E-state index in [4.69, 9.17) is 11.6 Å². The van der Waals surface area contributed by atoms with Gasteiger partial charge >= 0.3 is 0 Å². The third-order valence-electron chi connectivity index (χ3n) is 3.14. The minimum absolute atomic E-state index is 0.498. The quantitative estimate of drug-likeness (QED) is 0.738. The highest BCUT2D eigenvalue weighted by atomic mass is 35.5. The van der Waals surface area contributed by atoms with E-state index in [0.717, 1.165) is 18.1 Å². The first-order valence-electron chi connectivity index (χ1n) is 6.12. The van der Waals surface area contributed by atoms with Gasteiger partial charge in [-0.25, -0.2) is 0 Å². The zero-order valence-electron chi connectivity index (χ0n) is 10.5. The van der Waals surface area contributed by atoms with E-state index in [-0.39, 0.29) is 0 Å². The average molecular weight is 240 g/mol. The molecule has 0 aliphatic carbocycles. The fraction of sp³-hybridized carbons (Fsp3) is 0.571. The van der Waals surface area contributed by atoms with Crippen LogP contribution in [0.3, 0.4) is 0 Å². The van der Waals surface area contributed by atoms with Crippen molar-refractivity contribution in [3.05, 3.63) is 34.9 Å². The van der Waals surface area contributed by atoms with Crippen molar-refractivity contribution in [3.63, 3.8) is 0 Å². The molecule has 0 saturated carbocycles. The van der Waals surface area contributed by atoms with E-state index < -0.39 is 0 Å². The number of halogens is 1. The zero-order valence-corrected chi connectivity index (χ0v) is 11.2. The summed E-state index contributed by atoms with van der Waals surface area (Å²) in [6, 6.07) is 8.14. The minimum atomic E-state index is 0.498. The Labute approximate surface area is 104 Å². The molecule has 0 radical (unpaired) electrons. The fourth-order valence-electron chi connectivity index (χ4n) is 1.83. The van der Waals surface area contributed by atoms with Gasteiger partial charge in [-0.15, -0.1) is 0 Å². The molecule has 1 nitrogen and oxygen atoms in total. The third-order valence-corrected chi connectivity index (χ3v) is 3.49. The largest absolute Gasteiger partial charge is 0.316 e. The van der Waals surface area contributed by atoms with E-state index in [1.54, 1.807) is 0 Å². The molecule has 0 aliphatic heterocycles. The lowest BCUT2D eigenvalue weighted by Crippen LogP contribution is -2.25. The second kappa shape index (κ2) is 6.93. The molecule has 2 unspecified atom stereocenters. The third kappa shape index (κ3) is 3.80. The van der Waals surface area contributed by atoms with E-state index in [1.807, 2.05) is 12.1 Å². The summed E-state index contributed by atoms with van der Waals surface area (Å²) in [7, 11) is 0. The molecule has 0 aliphatic rings. The first-order valence-corrected chi connectivity index (χ1v) is 6.49. The molecule has 90 valence electrons. The number of hydrogen-bond donors (Lipinski definition) is 1. The lowest BCUT2D eigenvalue weighted by molar-refractivity contribution is 0.448. The van der Waals surface area contributed by atoms with Crippen LogP contribution in [-0.4, -0.2) is 13.1 Å². The second-order valence-electron chi connectivity index (χ2n) is 4.49. The van der Waals surface area contributed by atoms with Crippen LogP contribution in [0.1, 0.15) is 38.7 Å². The molecule has 16 heavy (non-hydrogen) atoms. The molecule has 0 bridgehead atoms.